The smallest absolute Gasteiger partial charge is 0.217 e. The Balaban J connectivity index is 0.00000343. The van der Waals surface area contributed by atoms with Crippen molar-refractivity contribution in [1.29, 1.82) is 0 Å². The fraction of sp³-hybridized carbons (Fsp3) is 0.263. The van der Waals surface area contributed by atoms with Crippen molar-refractivity contribution in [3.63, 3.8) is 0 Å². The van der Waals surface area contributed by atoms with Crippen LogP contribution in [0.4, 0.5) is 5.69 Å². The maximum Gasteiger partial charge on any atom is 0.217 e. The quantitative estimate of drug-likeness (QED) is 0.186. The molecule has 0 fully saturated rings. The van der Waals surface area contributed by atoms with E-state index in [0.717, 1.165) is 23.2 Å². The molecule has 2 heterocycles. The number of pyridine rings is 1. The monoisotopic (exact) mass is 761 g/mol. The van der Waals surface area contributed by atoms with E-state index in [2.05, 4.69) is 93.9 Å². The Kier molecular flexibility index (Phi) is 7.66. The van der Waals surface area contributed by atoms with Gasteiger partial charge >= 0.3 is 0 Å². The molecule has 44 heavy (non-hydrogen) atoms. The fourth-order valence-electron chi connectivity index (χ4n) is 7.01. The van der Waals surface area contributed by atoms with Crippen LogP contribution in [-0.4, -0.2) is 22.0 Å². The molecule has 2 atom stereocenters. The average Bonchev–Trinajstić information content (AvgIpc) is 3.35. The topological polar surface area (TPSA) is 58.0 Å². The molecular formula is C38H36N3O2Pt-. The van der Waals surface area contributed by atoms with Crippen LogP contribution >= 0.6 is 0 Å². The third-order valence-corrected chi connectivity index (χ3v) is 9.38. The Hall–Kier alpha value is -3.95. The number of aromatic hydroxyl groups is 1. The molecule has 0 saturated heterocycles. The van der Waals surface area contributed by atoms with E-state index in [1.54, 1.807) is 6.07 Å². The van der Waals surface area contributed by atoms with Gasteiger partial charge in [-0.3, -0.25) is 0 Å². The van der Waals surface area contributed by atoms with Gasteiger partial charge in [0.05, 0.1) is 17.9 Å². The predicted molar refractivity (Wildman–Crippen MR) is 174 cm³/mol. The molecule has 0 amide bonds. The molecule has 5 nitrogen and oxygen atoms in total. The van der Waals surface area contributed by atoms with Gasteiger partial charge < -0.3 is 19.7 Å². The summed E-state index contributed by atoms with van der Waals surface area (Å²) in [6.07, 6.45) is 0.980. The van der Waals surface area contributed by atoms with Crippen molar-refractivity contribution >= 4 is 22.4 Å². The third kappa shape index (κ3) is 4.92. The minimum Gasteiger partial charge on any atom is -0.506 e. The number of aryl methyl sites for hydroxylation is 2. The summed E-state index contributed by atoms with van der Waals surface area (Å²) in [5.41, 5.74) is 10.4. The van der Waals surface area contributed by atoms with Crippen molar-refractivity contribution in [3.05, 3.63) is 124 Å². The number of phenolic OH excluding ortho intramolecular Hbond substituents is 1. The van der Waals surface area contributed by atoms with E-state index in [1.165, 1.54) is 39.1 Å². The van der Waals surface area contributed by atoms with Crippen LogP contribution in [0, 0.1) is 33.8 Å². The summed E-state index contributed by atoms with van der Waals surface area (Å²) in [7, 11) is 0. The van der Waals surface area contributed by atoms with E-state index < -0.39 is 0 Å². The van der Waals surface area contributed by atoms with Gasteiger partial charge in [-0.05, 0) is 85.0 Å². The number of aromatic nitrogens is 1. The Bertz CT molecular complexity index is 1920. The maximum absolute atomic E-state index is 10.3. The van der Waals surface area contributed by atoms with Gasteiger partial charge in [-0.2, -0.15) is 0 Å². The number of phenols is 1. The number of anilines is 1. The molecule has 5 aromatic rings. The number of nitrogens with zero attached hydrogens (tertiary/aromatic N) is 3. The number of amidine groups is 1. The van der Waals surface area contributed by atoms with Gasteiger partial charge in [0.15, 0.2) is 0 Å². The minimum atomic E-state index is 0. The van der Waals surface area contributed by atoms with Crippen LogP contribution in [0.1, 0.15) is 65.3 Å². The number of hydrogen-bond acceptors (Lipinski definition) is 5. The molecule has 2 aliphatic rings. The van der Waals surface area contributed by atoms with E-state index in [0.29, 0.717) is 17.1 Å². The first kappa shape index (κ1) is 30.1. The number of rotatable bonds is 4. The Morgan fingerprint density at radius 2 is 1.61 bits per heavy atom. The van der Waals surface area contributed by atoms with Gasteiger partial charge in [0.1, 0.15) is 11.3 Å². The summed E-state index contributed by atoms with van der Waals surface area (Å²) in [4.78, 5) is 12.6. The zero-order chi connectivity index (χ0) is 30.0. The number of para-hydroxylation sites is 1. The van der Waals surface area contributed by atoms with Crippen molar-refractivity contribution in [2.75, 3.05) is 4.90 Å². The molecule has 1 aliphatic carbocycles. The molecule has 7 rings (SSSR count). The molecule has 6 heteroatoms. The molecule has 0 unspecified atom stereocenters. The molecule has 226 valence electrons. The van der Waals surface area contributed by atoms with Crippen molar-refractivity contribution in [2.45, 2.75) is 65.5 Å². The van der Waals surface area contributed by atoms with Crippen LogP contribution in [0.3, 0.4) is 0 Å². The standard InChI is InChI=1S/C38H36N3O2.Pt/c1-22-19-23(2)25(4)36(24(22)3)41-31-21-38(5,6)30-15-8-7-14-29(30)35(31)40-37(41)27-12-9-13-28(20-27)43-33-18-17-26-11-10-16-32(42)34(26)39-33;/h7-19,31,35,42H,21H2,1-6H3;/q-1;/t31-,35+;/m1./s1. The van der Waals surface area contributed by atoms with Crippen LogP contribution in [0.25, 0.3) is 10.9 Å². The van der Waals surface area contributed by atoms with Crippen LogP contribution in [0.2, 0.25) is 0 Å². The first-order valence-electron chi connectivity index (χ1n) is 15.0. The molecule has 1 N–H and O–H groups in total. The molecule has 4 aromatic carbocycles. The molecule has 0 radical (unpaired) electrons. The molecule has 0 spiro atoms. The van der Waals surface area contributed by atoms with Crippen LogP contribution in [0.5, 0.6) is 17.4 Å². The van der Waals surface area contributed by atoms with E-state index in [1.807, 2.05) is 36.4 Å². The van der Waals surface area contributed by atoms with Crippen LogP contribution in [-0.2, 0) is 26.5 Å². The summed E-state index contributed by atoms with van der Waals surface area (Å²) in [5, 5.41) is 11.2. The first-order chi connectivity index (χ1) is 20.6. The van der Waals surface area contributed by atoms with Crippen molar-refractivity contribution in [1.82, 2.24) is 4.98 Å². The molecule has 0 saturated carbocycles. The Morgan fingerprint density at radius 3 is 2.39 bits per heavy atom. The second-order valence-electron chi connectivity index (χ2n) is 12.6. The Morgan fingerprint density at radius 1 is 0.886 bits per heavy atom. The molecule has 0 bridgehead atoms. The van der Waals surface area contributed by atoms with Gasteiger partial charge in [0.25, 0.3) is 0 Å². The number of ether oxygens (including phenoxy) is 1. The van der Waals surface area contributed by atoms with Crippen molar-refractivity contribution in [3.8, 4) is 17.4 Å². The van der Waals surface area contributed by atoms with Crippen LogP contribution in [0.15, 0.2) is 83.9 Å². The van der Waals surface area contributed by atoms with E-state index in [-0.39, 0.29) is 44.3 Å². The summed E-state index contributed by atoms with van der Waals surface area (Å²) >= 11 is 0. The normalized spacial score (nSPS) is 18.3. The van der Waals surface area contributed by atoms with Gasteiger partial charge in [-0.15, -0.1) is 23.8 Å². The molecule has 1 aromatic heterocycles. The van der Waals surface area contributed by atoms with Crippen molar-refractivity contribution < 1.29 is 30.9 Å². The number of fused-ring (bicyclic) bond motifs is 4. The van der Waals surface area contributed by atoms with E-state index >= 15 is 0 Å². The molecule has 1 aliphatic heterocycles. The van der Waals surface area contributed by atoms with E-state index in [4.69, 9.17) is 9.73 Å². The number of hydrogen-bond donors (Lipinski definition) is 1. The SMILES string of the molecule is Cc1cc(C)c(C)c(N2C(c3[c-]c(Oc4ccc5cccc(O)c5n4)ccc3)=N[C@H]3c4ccccc4C(C)(C)C[C@H]32)c1C.[Pt]. The average molecular weight is 762 g/mol. The molecular weight excluding hydrogens is 726 g/mol. The third-order valence-electron chi connectivity index (χ3n) is 9.38. The summed E-state index contributed by atoms with van der Waals surface area (Å²) in [6, 6.07) is 29.8. The zero-order valence-electron chi connectivity index (χ0n) is 25.9. The van der Waals surface area contributed by atoms with Crippen molar-refractivity contribution in [2.24, 2.45) is 4.99 Å². The summed E-state index contributed by atoms with van der Waals surface area (Å²) in [5.74, 6) is 1.99. The van der Waals surface area contributed by atoms with Gasteiger partial charge in [0, 0.05) is 44.0 Å². The zero-order valence-corrected chi connectivity index (χ0v) is 28.2. The van der Waals surface area contributed by atoms with Gasteiger partial charge in [-0.1, -0.05) is 62.4 Å². The van der Waals surface area contributed by atoms with Gasteiger partial charge in [0.2, 0.25) is 5.88 Å². The maximum atomic E-state index is 10.3. The largest absolute Gasteiger partial charge is 0.506 e. The Labute approximate surface area is 273 Å². The van der Waals surface area contributed by atoms with Gasteiger partial charge in [-0.25, -0.2) is 4.98 Å². The van der Waals surface area contributed by atoms with Crippen LogP contribution < -0.4 is 9.64 Å². The summed E-state index contributed by atoms with van der Waals surface area (Å²) < 4.78 is 6.23. The first-order valence-corrected chi connectivity index (χ1v) is 15.0. The van der Waals surface area contributed by atoms with E-state index in [9.17, 15) is 5.11 Å². The minimum absolute atomic E-state index is 0. The second-order valence-corrected chi connectivity index (χ2v) is 12.6. The number of aliphatic imine (C=N–C) groups is 1. The second kappa shape index (κ2) is 11.2. The summed E-state index contributed by atoms with van der Waals surface area (Å²) in [6.45, 7) is 13.6. The predicted octanol–water partition coefficient (Wildman–Crippen LogP) is 8.82. The fourth-order valence-corrected chi connectivity index (χ4v) is 7.01. The number of benzene rings is 4.